The van der Waals surface area contributed by atoms with Gasteiger partial charge in [-0.05, 0) is 49.6 Å². The fraction of sp³-hybridized carbons (Fsp3) is 0.529. The van der Waals surface area contributed by atoms with E-state index in [-0.39, 0.29) is 17.9 Å². The maximum absolute atomic E-state index is 11.9. The Morgan fingerprint density at radius 3 is 2.64 bits per heavy atom. The number of ether oxygens (including phenoxy) is 1. The molecule has 5 heteroatoms. The van der Waals surface area contributed by atoms with Gasteiger partial charge < -0.3 is 15.4 Å². The van der Waals surface area contributed by atoms with Crippen LogP contribution in [0.25, 0.3) is 0 Å². The smallest absolute Gasteiger partial charge is 0.338 e. The van der Waals surface area contributed by atoms with Crippen LogP contribution in [0.15, 0.2) is 24.3 Å². The molecular weight excluding hydrogens is 280 g/mol. The molecule has 0 aromatic heterocycles. The van der Waals surface area contributed by atoms with Crippen LogP contribution in [-0.4, -0.2) is 31.1 Å². The average molecular weight is 304 g/mol. The van der Waals surface area contributed by atoms with Crippen LogP contribution in [0.2, 0.25) is 0 Å². The Labute approximate surface area is 131 Å². The zero-order chi connectivity index (χ0) is 15.9. The minimum absolute atomic E-state index is 0.00506. The van der Waals surface area contributed by atoms with E-state index in [1.54, 1.807) is 24.3 Å². The zero-order valence-electron chi connectivity index (χ0n) is 13.2. The van der Waals surface area contributed by atoms with Crippen LogP contribution in [0.1, 0.15) is 43.5 Å². The summed E-state index contributed by atoms with van der Waals surface area (Å²) in [5, 5.41) is 6.15. The summed E-state index contributed by atoms with van der Waals surface area (Å²) < 4.78 is 5.16. The van der Waals surface area contributed by atoms with Crippen molar-refractivity contribution in [1.29, 1.82) is 0 Å². The van der Waals surface area contributed by atoms with E-state index in [4.69, 9.17) is 4.74 Å². The van der Waals surface area contributed by atoms with E-state index in [0.717, 1.165) is 19.4 Å². The quantitative estimate of drug-likeness (QED) is 0.793. The van der Waals surface area contributed by atoms with Gasteiger partial charge in [0, 0.05) is 18.2 Å². The Hall–Kier alpha value is -1.88. The molecule has 1 aliphatic rings. The summed E-state index contributed by atoms with van der Waals surface area (Å²) in [7, 11) is 0. The number of benzene rings is 1. The lowest BCUT2D eigenvalue weighted by molar-refractivity contribution is -0.116. The molecule has 1 atom stereocenters. The van der Waals surface area contributed by atoms with Gasteiger partial charge >= 0.3 is 5.97 Å². The van der Waals surface area contributed by atoms with Crippen LogP contribution in [-0.2, 0) is 9.53 Å². The molecule has 1 aromatic carbocycles. The highest BCUT2D eigenvalue weighted by Crippen LogP contribution is 2.13. The molecule has 0 radical (unpaired) electrons. The largest absolute Gasteiger partial charge is 0.462 e. The van der Waals surface area contributed by atoms with Gasteiger partial charge in [0.05, 0.1) is 12.2 Å². The molecule has 120 valence electrons. The predicted octanol–water partition coefficient (Wildman–Crippen LogP) is 2.58. The fourth-order valence-corrected chi connectivity index (χ4v) is 2.38. The second-order valence-corrected chi connectivity index (χ2v) is 6.12. The first kappa shape index (κ1) is 16.5. The SMILES string of the molecule is CC(C)COC(=O)c1ccc(NC(=O)C[C@@H]2CCCN2)cc1. The third-order valence-electron chi connectivity index (χ3n) is 3.55. The standard InChI is InChI=1S/C17H24N2O3/c1-12(2)11-22-17(21)13-5-7-14(8-6-13)19-16(20)10-15-4-3-9-18-15/h5-8,12,15,18H,3-4,9-11H2,1-2H3,(H,19,20)/t15-/m0/s1. The van der Waals surface area contributed by atoms with E-state index < -0.39 is 0 Å². The van der Waals surface area contributed by atoms with Crippen LogP contribution in [0.3, 0.4) is 0 Å². The first-order valence-corrected chi connectivity index (χ1v) is 7.85. The van der Waals surface area contributed by atoms with E-state index in [0.29, 0.717) is 30.2 Å². The Morgan fingerprint density at radius 1 is 1.32 bits per heavy atom. The second-order valence-electron chi connectivity index (χ2n) is 6.12. The topological polar surface area (TPSA) is 67.4 Å². The van der Waals surface area contributed by atoms with Gasteiger partial charge in [0.25, 0.3) is 0 Å². The summed E-state index contributed by atoms with van der Waals surface area (Å²) in [6.07, 6.45) is 2.66. The fourth-order valence-electron chi connectivity index (χ4n) is 2.38. The number of hydrogen-bond donors (Lipinski definition) is 2. The average Bonchev–Trinajstić information content (AvgIpc) is 2.98. The molecule has 0 bridgehead atoms. The van der Waals surface area contributed by atoms with E-state index in [2.05, 4.69) is 10.6 Å². The molecule has 1 aliphatic heterocycles. The van der Waals surface area contributed by atoms with Gasteiger partial charge in [-0.15, -0.1) is 0 Å². The molecule has 1 aromatic rings. The highest BCUT2D eigenvalue weighted by molar-refractivity contribution is 5.93. The lowest BCUT2D eigenvalue weighted by Gasteiger charge is -2.11. The maximum atomic E-state index is 11.9. The molecule has 0 aliphatic carbocycles. The molecule has 1 amide bonds. The van der Waals surface area contributed by atoms with Crippen LogP contribution < -0.4 is 10.6 Å². The second kappa shape index (κ2) is 7.94. The molecule has 5 nitrogen and oxygen atoms in total. The van der Waals surface area contributed by atoms with E-state index >= 15 is 0 Å². The van der Waals surface area contributed by atoms with Crippen molar-refractivity contribution in [1.82, 2.24) is 5.32 Å². The summed E-state index contributed by atoms with van der Waals surface area (Å²) in [5.74, 6) is -0.0250. The van der Waals surface area contributed by atoms with Gasteiger partial charge in [0.15, 0.2) is 0 Å². The van der Waals surface area contributed by atoms with Gasteiger partial charge in [0.2, 0.25) is 5.91 Å². The zero-order valence-corrected chi connectivity index (χ0v) is 13.2. The highest BCUT2D eigenvalue weighted by atomic mass is 16.5. The molecular formula is C17H24N2O3. The van der Waals surface area contributed by atoms with Crippen LogP contribution in [0.4, 0.5) is 5.69 Å². The summed E-state index contributed by atoms with van der Waals surface area (Å²) in [6.45, 7) is 5.38. The molecule has 2 rings (SSSR count). The van der Waals surface area contributed by atoms with Gasteiger partial charge in [0.1, 0.15) is 0 Å². The van der Waals surface area contributed by atoms with E-state index in [9.17, 15) is 9.59 Å². The summed E-state index contributed by atoms with van der Waals surface area (Å²) in [4.78, 5) is 23.7. The molecule has 2 N–H and O–H groups in total. The van der Waals surface area contributed by atoms with Crippen molar-refractivity contribution in [2.45, 2.75) is 39.2 Å². The Kier molecular flexibility index (Phi) is 5.95. The van der Waals surface area contributed by atoms with Gasteiger partial charge in [-0.3, -0.25) is 4.79 Å². The van der Waals surface area contributed by atoms with Crippen LogP contribution in [0, 0.1) is 5.92 Å². The molecule has 0 unspecified atom stereocenters. The minimum Gasteiger partial charge on any atom is -0.462 e. The number of carbonyl (C=O) groups excluding carboxylic acids is 2. The summed E-state index contributed by atoms with van der Waals surface area (Å²) in [5.41, 5.74) is 1.19. The number of nitrogens with one attached hydrogen (secondary N) is 2. The molecule has 0 saturated carbocycles. The predicted molar refractivity (Wildman–Crippen MR) is 85.8 cm³/mol. The number of esters is 1. The Balaban J connectivity index is 1.83. The van der Waals surface area contributed by atoms with Crippen molar-refractivity contribution in [3.63, 3.8) is 0 Å². The normalized spacial score (nSPS) is 17.5. The van der Waals surface area contributed by atoms with Crippen molar-refractivity contribution in [2.75, 3.05) is 18.5 Å². The summed E-state index contributed by atoms with van der Waals surface area (Å²) in [6, 6.07) is 7.08. The number of amides is 1. The van der Waals surface area contributed by atoms with Crippen molar-refractivity contribution in [3.05, 3.63) is 29.8 Å². The minimum atomic E-state index is -0.332. The maximum Gasteiger partial charge on any atom is 0.338 e. The third kappa shape index (κ3) is 5.15. The molecule has 1 fully saturated rings. The van der Waals surface area contributed by atoms with Gasteiger partial charge in [-0.25, -0.2) is 4.79 Å². The van der Waals surface area contributed by atoms with Crippen molar-refractivity contribution in [2.24, 2.45) is 5.92 Å². The Morgan fingerprint density at radius 2 is 2.05 bits per heavy atom. The van der Waals surface area contributed by atoms with Crippen molar-refractivity contribution >= 4 is 17.6 Å². The highest BCUT2D eigenvalue weighted by Gasteiger charge is 2.17. The Bertz CT molecular complexity index is 505. The number of rotatable bonds is 6. The lowest BCUT2D eigenvalue weighted by Crippen LogP contribution is -2.27. The number of anilines is 1. The first-order chi connectivity index (χ1) is 10.5. The molecule has 0 spiro atoms. The number of hydrogen-bond acceptors (Lipinski definition) is 4. The van der Waals surface area contributed by atoms with Gasteiger partial charge in [-0.1, -0.05) is 13.8 Å². The molecule has 1 saturated heterocycles. The molecule has 22 heavy (non-hydrogen) atoms. The lowest BCUT2D eigenvalue weighted by atomic mass is 10.1. The monoisotopic (exact) mass is 304 g/mol. The summed E-state index contributed by atoms with van der Waals surface area (Å²) >= 11 is 0. The third-order valence-corrected chi connectivity index (χ3v) is 3.55. The first-order valence-electron chi connectivity index (χ1n) is 7.85. The van der Waals surface area contributed by atoms with E-state index in [1.807, 2.05) is 13.8 Å². The van der Waals surface area contributed by atoms with Gasteiger partial charge in [-0.2, -0.15) is 0 Å². The van der Waals surface area contributed by atoms with E-state index in [1.165, 1.54) is 0 Å². The number of carbonyl (C=O) groups is 2. The molecule has 1 heterocycles. The van der Waals surface area contributed by atoms with Crippen LogP contribution >= 0.6 is 0 Å². The van der Waals surface area contributed by atoms with Crippen LogP contribution in [0.5, 0.6) is 0 Å². The van der Waals surface area contributed by atoms with Crippen molar-refractivity contribution < 1.29 is 14.3 Å². The van der Waals surface area contributed by atoms with Crippen molar-refractivity contribution in [3.8, 4) is 0 Å².